The second-order valence-electron chi connectivity index (χ2n) is 4.35. The van der Waals surface area contributed by atoms with Crippen molar-refractivity contribution in [3.05, 3.63) is 15.6 Å². The Morgan fingerprint density at radius 2 is 2.44 bits per heavy atom. The van der Waals surface area contributed by atoms with Crippen LogP contribution in [0.3, 0.4) is 0 Å². The summed E-state index contributed by atoms with van der Waals surface area (Å²) in [6.45, 7) is 6.71. The quantitative estimate of drug-likeness (QED) is 0.831. The van der Waals surface area contributed by atoms with E-state index < -0.39 is 0 Å². The van der Waals surface area contributed by atoms with E-state index in [1.54, 1.807) is 11.3 Å². The highest BCUT2D eigenvalue weighted by molar-refractivity contribution is 7.11. The number of thiazole rings is 1. The molecule has 100 valence electrons. The zero-order valence-electron chi connectivity index (χ0n) is 10.8. The SMILES string of the molecule is Cc1nc(CCNC(=O)[C@@H]2CNCCO2)sc1C. The van der Waals surface area contributed by atoms with Crippen LogP contribution in [0.25, 0.3) is 0 Å². The molecule has 2 rings (SSSR count). The number of carbonyl (C=O) groups is 1. The maximum absolute atomic E-state index is 11.8. The molecular formula is C12H19N3O2S. The van der Waals surface area contributed by atoms with Crippen LogP contribution in [-0.2, 0) is 16.0 Å². The van der Waals surface area contributed by atoms with Crippen molar-refractivity contribution in [2.75, 3.05) is 26.2 Å². The summed E-state index contributed by atoms with van der Waals surface area (Å²) in [5.74, 6) is -0.0350. The van der Waals surface area contributed by atoms with E-state index in [0.717, 1.165) is 23.7 Å². The smallest absolute Gasteiger partial charge is 0.250 e. The molecule has 1 amide bonds. The first-order valence-corrected chi connectivity index (χ1v) is 7.01. The summed E-state index contributed by atoms with van der Waals surface area (Å²) in [5.41, 5.74) is 1.08. The molecule has 1 aromatic rings. The van der Waals surface area contributed by atoms with Gasteiger partial charge < -0.3 is 15.4 Å². The molecule has 1 aliphatic heterocycles. The number of aromatic nitrogens is 1. The lowest BCUT2D eigenvalue weighted by Gasteiger charge is -2.22. The molecule has 1 atom stereocenters. The maximum atomic E-state index is 11.8. The molecule has 1 saturated heterocycles. The molecule has 0 aromatic carbocycles. The molecule has 0 bridgehead atoms. The fourth-order valence-electron chi connectivity index (χ4n) is 1.79. The Morgan fingerprint density at radius 1 is 1.61 bits per heavy atom. The van der Waals surface area contributed by atoms with E-state index in [-0.39, 0.29) is 12.0 Å². The molecular weight excluding hydrogens is 250 g/mol. The fraction of sp³-hybridized carbons (Fsp3) is 0.667. The van der Waals surface area contributed by atoms with Gasteiger partial charge in [0.2, 0.25) is 5.91 Å². The Morgan fingerprint density at radius 3 is 3.06 bits per heavy atom. The molecule has 1 aliphatic rings. The number of ether oxygens (including phenoxy) is 1. The van der Waals surface area contributed by atoms with Crippen LogP contribution >= 0.6 is 11.3 Å². The first kappa shape index (κ1) is 13.5. The summed E-state index contributed by atoms with van der Waals surface area (Å²) in [4.78, 5) is 17.5. The summed E-state index contributed by atoms with van der Waals surface area (Å²) in [6, 6.07) is 0. The maximum Gasteiger partial charge on any atom is 0.250 e. The molecule has 0 aliphatic carbocycles. The van der Waals surface area contributed by atoms with Crippen LogP contribution in [0, 0.1) is 13.8 Å². The number of morpholine rings is 1. The Balaban J connectivity index is 1.72. The van der Waals surface area contributed by atoms with Gasteiger partial charge in [-0.15, -0.1) is 11.3 Å². The summed E-state index contributed by atoms with van der Waals surface area (Å²) < 4.78 is 5.38. The minimum Gasteiger partial charge on any atom is -0.366 e. The monoisotopic (exact) mass is 269 g/mol. The Hall–Kier alpha value is -0.980. The van der Waals surface area contributed by atoms with Crippen molar-refractivity contribution < 1.29 is 9.53 Å². The van der Waals surface area contributed by atoms with Crippen LogP contribution in [0.4, 0.5) is 0 Å². The lowest BCUT2D eigenvalue weighted by Crippen LogP contribution is -2.48. The average molecular weight is 269 g/mol. The third-order valence-electron chi connectivity index (χ3n) is 2.93. The molecule has 5 nitrogen and oxygen atoms in total. The van der Waals surface area contributed by atoms with Crippen molar-refractivity contribution in [1.82, 2.24) is 15.6 Å². The van der Waals surface area contributed by atoms with Crippen molar-refractivity contribution >= 4 is 17.2 Å². The van der Waals surface area contributed by atoms with Crippen molar-refractivity contribution in [3.8, 4) is 0 Å². The predicted molar refractivity (Wildman–Crippen MR) is 70.9 cm³/mol. The second kappa shape index (κ2) is 6.26. The van der Waals surface area contributed by atoms with Crippen molar-refractivity contribution in [2.45, 2.75) is 26.4 Å². The molecule has 0 spiro atoms. The van der Waals surface area contributed by atoms with Gasteiger partial charge in [-0.25, -0.2) is 4.98 Å². The highest BCUT2D eigenvalue weighted by Gasteiger charge is 2.21. The lowest BCUT2D eigenvalue weighted by atomic mass is 10.3. The van der Waals surface area contributed by atoms with E-state index in [2.05, 4.69) is 22.5 Å². The van der Waals surface area contributed by atoms with Crippen LogP contribution < -0.4 is 10.6 Å². The third-order valence-corrected chi connectivity index (χ3v) is 4.06. The van der Waals surface area contributed by atoms with Gasteiger partial charge >= 0.3 is 0 Å². The number of nitrogens with zero attached hydrogens (tertiary/aromatic N) is 1. The number of aryl methyl sites for hydroxylation is 2. The van der Waals surface area contributed by atoms with E-state index in [4.69, 9.17) is 4.74 Å². The molecule has 2 N–H and O–H groups in total. The lowest BCUT2D eigenvalue weighted by molar-refractivity contribution is -0.134. The van der Waals surface area contributed by atoms with E-state index in [1.165, 1.54) is 4.88 Å². The van der Waals surface area contributed by atoms with Crippen LogP contribution in [0.1, 0.15) is 15.6 Å². The highest BCUT2D eigenvalue weighted by atomic mass is 32.1. The third kappa shape index (κ3) is 3.51. The van der Waals surface area contributed by atoms with Gasteiger partial charge in [0.1, 0.15) is 6.10 Å². The Labute approximate surface area is 111 Å². The second-order valence-corrected chi connectivity index (χ2v) is 5.64. The van der Waals surface area contributed by atoms with Gasteiger partial charge in [-0.2, -0.15) is 0 Å². The van der Waals surface area contributed by atoms with E-state index in [0.29, 0.717) is 19.7 Å². The van der Waals surface area contributed by atoms with E-state index in [1.807, 2.05) is 6.92 Å². The first-order valence-electron chi connectivity index (χ1n) is 6.20. The fourth-order valence-corrected chi connectivity index (χ4v) is 2.72. The van der Waals surface area contributed by atoms with Gasteiger partial charge in [0.15, 0.2) is 0 Å². The summed E-state index contributed by atoms with van der Waals surface area (Å²) in [6.07, 6.45) is 0.434. The number of amides is 1. The van der Waals surface area contributed by atoms with E-state index >= 15 is 0 Å². The topological polar surface area (TPSA) is 63.2 Å². The zero-order valence-corrected chi connectivity index (χ0v) is 11.6. The summed E-state index contributed by atoms with van der Waals surface area (Å²) >= 11 is 1.70. The molecule has 6 heteroatoms. The summed E-state index contributed by atoms with van der Waals surface area (Å²) in [5, 5.41) is 7.11. The molecule has 0 unspecified atom stereocenters. The highest BCUT2D eigenvalue weighted by Crippen LogP contribution is 2.16. The van der Waals surface area contributed by atoms with Crippen LogP contribution in [-0.4, -0.2) is 43.2 Å². The summed E-state index contributed by atoms with van der Waals surface area (Å²) in [7, 11) is 0. The molecule has 1 fully saturated rings. The Bertz CT molecular complexity index is 394. The van der Waals surface area contributed by atoms with Crippen LogP contribution in [0.2, 0.25) is 0 Å². The minimum atomic E-state index is -0.349. The molecule has 2 heterocycles. The number of nitrogens with one attached hydrogen (secondary N) is 2. The van der Waals surface area contributed by atoms with Gasteiger partial charge in [0.05, 0.1) is 17.3 Å². The Kier molecular flexibility index (Phi) is 4.68. The van der Waals surface area contributed by atoms with E-state index in [9.17, 15) is 4.79 Å². The van der Waals surface area contributed by atoms with Crippen LogP contribution in [0.15, 0.2) is 0 Å². The van der Waals surface area contributed by atoms with Crippen molar-refractivity contribution in [2.24, 2.45) is 0 Å². The van der Waals surface area contributed by atoms with Crippen molar-refractivity contribution in [3.63, 3.8) is 0 Å². The first-order chi connectivity index (χ1) is 8.66. The normalized spacial score (nSPS) is 19.8. The van der Waals surface area contributed by atoms with Gasteiger partial charge in [-0.1, -0.05) is 0 Å². The van der Waals surface area contributed by atoms with Gasteiger partial charge in [-0.05, 0) is 13.8 Å². The molecule has 18 heavy (non-hydrogen) atoms. The minimum absolute atomic E-state index is 0.0350. The number of rotatable bonds is 4. The van der Waals surface area contributed by atoms with Gasteiger partial charge in [-0.3, -0.25) is 4.79 Å². The predicted octanol–water partition coefficient (Wildman–Crippen LogP) is 0.407. The molecule has 0 radical (unpaired) electrons. The molecule has 1 aromatic heterocycles. The van der Waals surface area contributed by atoms with Crippen LogP contribution in [0.5, 0.6) is 0 Å². The number of hydrogen-bond donors (Lipinski definition) is 2. The van der Waals surface area contributed by atoms with Gasteiger partial charge in [0, 0.05) is 30.9 Å². The zero-order chi connectivity index (χ0) is 13.0. The number of hydrogen-bond acceptors (Lipinski definition) is 5. The van der Waals surface area contributed by atoms with Gasteiger partial charge in [0.25, 0.3) is 0 Å². The molecule has 0 saturated carbocycles. The standard InChI is InChI=1S/C12H19N3O2S/c1-8-9(2)18-11(15-8)3-4-14-12(16)10-7-13-5-6-17-10/h10,13H,3-7H2,1-2H3,(H,14,16)/t10-/m0/s1. The largest absolute Gasteiger partial charge is 0.366 e. The average Bonchev–Trinajstić information content (AvgIpc) is 2.69. The van der Waals surface area contributed by atoms with Crippen molar-refractivity contribution in [1.29, 1.82) is 0 Å². The number of carbonyl (C=O) groups excluding carboxylic acids is 1.